The van der Waals surface area contributed by atoms with Gasteiger partial charge in [-0.2, -0.15) is 5.26 Å². The van der Waals surface area contributed by atoms with Crippen LogP contribution in [-0.2, 0) is 6.54 Å². The van der Waals surface area contributed by atoms with Crippen LogP contribution in [0.4, 0.5) is 0 Å². The van der Waals surface area contributed by atoms with Crippen molar-refractivity contribution in [3.05, 3.63) is 58.5 Å². The van der Waals surface area contributed by atoms with Crippen LogP contribution in [0.1, 0.15) is 30.0 Å². The molecule has 0 aliphatic rings. The summed E-state index contributed by atoms with van der Waals surface area (Å²) in [4.78, 5) is 0. The van der Waals surface area contributed by atoms with Crippen LogP contribution in [-0.4, -0.2) is 0 Å². The minimum Gasteiger partial charge on any atom is -0.449 e. The van der Waals surface area contributed by atoms with Gasteiger partial charge in [-0.1, -0.05) is 23.7 Å². The Morgan fingerprint density at radius 1 is 1.28 bits per heavy atom. The molecule has 0 amide bonds. The Morgan fingerprint density at radius 3 is 2.61 bits per heavy atom. The average Bonchev–Trinajstić information content (AvgIpc) is 2.85. The molecule has 0 bridgehead atoms. The molecule has 0 spiro atoms. The van der Waals surface area contributed by atoms with Gasteiger partial charge in [0.25, 0.3) is 0 Å². The fourth-order valence-electron chi connectivity index (χ4n) is 1.66. The molecular weight excluding hydrogens is 248 g/mol. The number of nitrogens with one attached hydrogen (secondary N) is 1. The average molecular weight is 261 g/mol. The smallest absolute Gasteiger partial charge is 0.203 e. The standard InChI is InChI=1S/C14H13ClN2O/c1-10(11-2-4-12(15)5-3-11)17-9-14-7-6-13(8-16)18-14/h2-7,10,17H,9H2,1H3. The zero-order valence-electron chi connectivity index (χ0n) is 9.98. The lowest BCUT2D eigenvalue weighted by molar-refractivity contribution is 0.453. The summed E-state index contributed by atoms with van der Waals surface area (Å²) in [5.74, 6) is 1.10. The van der Waals surface area contributed by atoms with Crippen molar-refractivity contribution in [2.75, 3.05) is 0 Å². The van der Waals surface area contributed by atoms with Gasteiger partial charge in [0.15, 0.2) is 0 Å². The molecule has 0 saturated heterocycles. The molecule has 1 atom stereocenters. The zero-order valence-corrected chi connectivity index (χ0v) is 10.7. The molecule has 0 saturated carbocycles. The van der Waals surface area contributed by atoms with Crippen LogP contribution in [0.25, 0.3) is 0 Å². The molecule has 0 fully saturated rings. The Balaban J connectivity index is 1.94. The summed E-state index contributed by atoms with van der Waals surface area (Å²) in [5, 5.41) is 12.7. The predicted molar refractivity (Wildman–Crippen MR) is 70.1 cm³/mol. The third-order valence-corrected chi connectivity index (χ3v) is 2.98. The van der Waals surface area contributed by atoms with Crippen molar-refractivity contribution in [1.29, 1.82) is 5.26 Å². The molecular formula is C14H13ClN2O. The summed E-state index contributed by atoms with van der Waals surface area (Å²) in [5.41, 5.74) is 1.16. The summed E-state index contributed by atoms with van der Waals surface area (Å²) in [6.45, 7) is 2.66. The van der Waals surface area contributed by atoms with Gasteiger partial charge in [0.2, 0.25) is 5.76 Å². The van der Waals surface area contributed by atoms with Crippen LogP contribution < -0.4 is 5.32 Å². The highest BCUT2D eigenvalue weighted by Gasteiger charge is 2.06. The Labute approximate surface area is 111 Å². The number of benzene rings is 1. The van der Waals surface area contributed by atoms with Crippen LogP contribution in [0.15, 0.2) is 40.8 Å². The Bertz CT molecular complexity index is 554. The topological polar surface area (TPSA) is 49.0 Å². The van der Waals surface area contributed by atoms with Crippen LogP contribution in [0, 0.1) is 11.3 Å². The normalized spacial score (nSPS) is 12.1. The monoisotopic (exact) mass is 260 g/mol. The number of nitriles is 1. The number of hydrogen-bond donors (Lipinski definition) is 1. The molecule has 3 nitrogen and oxygen atoms in total. The Morgan fingerprint density at radius 2 is 2.00 bits per heavy atom. The SMILES string of the molecule is CC(NCc1ccc(C#N)o1)c1ccc(Cl)cc1. The van der Waals surface area contributed by atoms with Crippen molar-refractivity contribution in [3.8, 4) is 6.07 Å². The van der Waals surface area contributed by atoms with Gasteiger partial charge in [0.1, 0.15) is 11.8 Å². The number of nitrogens with zero attached hydrogens (tertiary/aromatic N) is 1. The van der Waals surface area contributed by atoms with E-state index in [0.29, 0.717) is 12.3 Å². The molecule has 1 aromatic carbocycles. The summed E-state index contributed by atoms with van der Waals surface area (Å²) in [6, 6.07) is 13.4. The third kappa shape index (κ3) is 3.13. The Hall–Kier alpha value is -1.76. The van der Waals surface area contributed by atoms with Gasteiger partial charge < -0.3 is 9.73 Å². The molecule has 1 unspecified atom stereocenters. The highest BCUT2D eigenvalue weighted by atomic mass is 35.5. The van der Waals surface area contributed by atoms with E-state index >= 15 is 0 Å². The third-order valence-electron chi connectivity index (χ3n) is 2.72. The number of rotatable bonds is 4. The first kappa shape index (κ1) is 12.7. The lowest BCUT2D eigenvalue weighted by atomic mass is 10.1. The first-order chi connectivity index (χ1) is 8.69. The van der Waals surface area contributed by atoms with E-state index in [0.717, 1.165) is 16.3 Å². The highest BCUT2D eigenvalue weighted by molar-refractivity contribution is 6.30. The fourth-order valence-corrected chi connectivity index (χ4v) is 1.78. The fraction of sp³-hybridized carbons (Fsp3) is 0.214. The number of halogens is 1. The van der Waals surface area contributed by atoms with Crippen molar-refractivity contribution < 1.29 is 4.42 Å². The quantitative estimate of drug-likeness (QED) is 0.913. The van der Waals surface area contributed by atoms with Crippen LogP contribution in [0.3, 0.4) is 0 Å². The minimum absolute atomic E-state index is 0.193. The molecule has 92 valence electrons. The second-order valence-electron chi connectivity index (χ2n) is 4.03. The van der Waals surface area contributed by atoms with Crippen molar-refractivity contribution >= 4 is 11.6 Å². The summed E-state index contributed by atoms with van der Waals surface area (Å²) >= 11 is 5.84. The second-order valence-corrected chi connectivity index (χ2v) is 4.47. The molecule has 1 heterocycles. The van der Waals surface area contributed by atoms with Gasteiger partial charge in [-0.05, 0) is 36.8 Å². The maximum Gasteiger partial charge on any atom is 0.203 e. The van der Waals surface area contributed by atoms with Gasteiger partial charge >= 0.3 is 0 Å². The number of hydrogen-bond acceptors (Lipinski definition) is 3. The van der Waals surface area contributed by atoms with Crippen molar-refractivity contribution in [2.24, 2.45) is 0 Å². The van der Waals surface area contributed by atoms with Crippen LogP contribution in [0.5, 0.6) is 0 Å². The molecule has 2 aromatic rings. The molecule has 0 aliphatic heterocycles. The van der Waals surface area contributed by atoms with E-state index in [1.807, 2.05) is 30.3 Å². The second kappa shape index (κ2) is 5.72. The lowest BCUT2D eigenvalue weighted by Gasteiger charge is -2.13. The van der Waals surface area contributed by atoms with Crippen LogP contribution >= 0.6 is 11.6 Å². The predicted octanol–water partition coefficient (Wildman–Crippen LogP) is 3.66. The zero-order chi connectivity index (χ0) is 13.0. The van der Waals surface area contributed by atoms with Gasteiger partial charge in [0.05, 0.1) is 6.54 Å². The first-order valence-corrected chi connectivity index (χ1v) is 6.04. The molecule has 4 heteroatoms. The summed E-state index contributed by atoms with van der Waals surface area (Å²) in [7, 11) is 0. The van der Waals surface area contributed by atoms with E-state index in [9.17, 15) is 0 Å². The van der Waals surface area contributed by atoms with Gasteiger partial charge in [-0.15, -0.1) is 0 Å². The molecule has 2 rings (SSSR count). The van der Waals surface area contributed by atoms with Crippen molar-refractivity contribution in [3.63, 3.8) is 0 Å². The van der Waals surface area contributed by atoms with Gasteiger partial charge in [-0.25, -0.2) is 0 Å². The maximum atomic E-state index is 8.66. The maximum absolute atomic E-state index is 8.66. The molecule has 1 aromatic heterocycles. The van der Waals surface area contributed by atoms with E-state index in [1.54, 1.807) is 12.1 Å². The van der Waals surface area contributed by atoms with Crippen molar-refractivity contribution in [2.45, 2.75) is 19.5 Å². The summed E-state index contributed by atoms with van der Waals surface area (Å²) in [6.07, 6.45) is 0. The molecule has 18 heavy (non-hydrogen) atoms. The van der Waals surface area contributed by atoms with Crippen LogP contribution in [0.2, 0.25) is 5.02 Å². The summed E-state index contributed by atoms with van der Waals surface area (Å²) < 4.78 is 5.29. The lowest BCUT2D eigenvalue weighted by Crippen LogP contribution is -2.17. The van der Waals surface area contributed by atoms with Gasteiger partial charge in [0, 0.05) is 11.1 Å². The van der Waals surface area contributed by atoms with E-state index in [2.05, 4.69) is 12.2 Å². The van der Waals surface area contributed by atoms with E-state index in [1.165, 1.54) is 0 Å². The largest absolute Gasteiger partial charge is 0.449 e. The van der Waals surface area contributed by atoms with E-state index in [4.69, 9.17) is 21.3 Å². The molecule has 0 radical (unpaired) electrons. The van der Waals surface area contributed by atoms with E-state index in [-0.39, 0.29) is 6.04 Å². The highest BCUT2D eigenvalue weighted by Crippen LogP contribution is 2.17. The van der Waals surface area contributed by atoms with E-state index < -0.39 is 0 Å². The number of furan rings is 1. The van der Waals surface area contributed by atoms with Gasteiger partial charge in [-0.3, -0.25) is 0 Å². The molecule has 1 N–H and O–H groups in total. The molecule has 0 aliphatic carbocycles. The first-order valence-electron chi connectivity index (χ1n) is 5.66. The Kier molecular flexibility index (Phi) is 4.03. The van der Waals surface area contributed by atoms with Crippen molar-refractivity contribution in [1.82, 2.24) is 5.32 Å². The minimum atomic E-state index is 0.193.